The number of hydrogen-bond acceptors (Lipinski definition) is 2. The van der Waals surface area contributed by atoms with E-state index in [-0.39, 0.29) is 11.6 Å². The second-order valence-corrected chi connectivity index (χ2v) is 5.29. The van der Waals surface area contributed by atoms with Crippen molar-refractivity contribution in [1.82, 2.24) is 10.2 Å². The highest BCUT2D eigenvalue weighted by Gasteiger charge is 2.19. The number of carbonyl (C=O) groups excluding carboxylic acids is 1. The molecule has 108 valence electrons. The molecule has 0 heterocycles. The summed E-state index contributed by atoms with van der Waals surface area (Å²) in [6.45, 7) is 0.471. The van der Waals surface area contributed by atoms with Crippen LogP contribution in [0.1, 0.15) is 41.6 Å². The lowest BCUT2D eigenvalue weighted by Crippen LogP contribution is -2.41. The van der Waals surface area contributed by atoms with Gasteiger partial charge in [-0.25, -0.2) is 9.59 Å². The number of carboxylic acid groups (broad SMARTS) is 1. The van der Waals surface area contributed by atoms with E-state index < -0.39 is 5.97 Å². The topological polar surface area (TPSA) is 69.6 Å². The molecule has 0 unspecified atom stereocenters. The third-order valence-electron chi connectivity index (χ3n) is 3.65. The Bertz CT molecular complexity index is 478. The Hall–Kier alpha value is -2.04. The molecule has 0 bridgehead atoms. The Balaban J connectivity index is 1.87. The van der Waals surface area contributed by atoms with Crippen molar-refractivity contribution in [3.8, 4) is 0 Å². The summed E-state index contributed by atoms with van der Waals surface area (Å²) in [5, 5.41) is 11.9. The number of hydrogen-bond donors (Lipinski definition) is 2. The maximum absolute atomic E-state index is 12.0. The molecule has 1 aromatic carbocycles. The van der Waals surface area contributed by atoms with Crippen LogP contribution < -0.4 is 5.32 Å². The van der Waals surface area contributed by atoms with Crippen LogP contribution in [0, 0.1) is 0 Å². The van der Waals surface area contributed by atoms with Crippen molar-refractivity contribution in [2.45, 2.75) is 38.3 Å². The van der Waals surface area contributed by atoms with Crippen LogP contribution >= 0.6 is 0 Å². The van der Waals surface area contributed by atoms with E-state index in [1.54, 1.807) is 36.2 Å². The Morgan fingerprint density at radius 1 is 1.25 bits per heavy atom. The van der Waals surface area contributed by atoms with Crippen molar-refractivity contribution < 1.29 is 14.7 Å². The van der Waals surface area contributed by atoms with Crippen LogP contribution in [0.4, 0.5) is 4.79 Å². The second kappa shape index (κ2) is 6.41. The van der Waals surface area contributed by atoms with Gasteiger partial charge in [0.05, 0.1) is 5.56 Å². The van der Waals surface area contributed by atoms with Crippen LogP contribution in [0.25, 0.3) is 0 Å². The number of urea groups is 1. The number of carboxylic acids is 1. The van der Waals surface area contributed by atoms with Crippen LogP contribution in [0.2, 0.25) is 0 Å². The summed E-state index contributed by atoms with van der Waals surface area (Å²) in [6.07, 6.45) is 4.50. The van der Waals surface area contributed by atoms with Crippen LogP contribution in [0.3, 0.4) is 0 Å². The molecule has 2 rings (SSSR count). The van der Waals surface area contributed by atoms with Crippen molar-refractivity contribution in [3.63, 3.8) is 0 Å². The average Bonchev–Trinajstić information content (AvgIpc) is 2.92. The number of rotatable bonds is 4. The molecule has 0 spiro atoms. The molecule has 1 aromatic rings. The number of benzene rings is 1. The first-order valence-electron chi connectivity index (χ1n) is 6.90. The van der Waals surface area contributed by atoms with Crippen LogP contribution in [-0.2, 0) is 6.54 Å². The van der Waals surface area contributed by atoms with Gasteiger partial charge in [0.25, 0.3) is 0 Å². The third kappa shape index (κ3) is 3.73. The van der Waals surface area contributed by atoms with Gasteiger partial charge in [-0.1, -0.05) is 25.0 Å². The quantitative estimate of drug-likeness (QED) is 0.887. The minimum Gasteiger partial charge on any atom is -0.478 e. The molecule has 0 radical (unpaired) electrons. The molecule has 1 aliphatic rings. The fraction of sp³-hybridized carbons (Fsp3) is 0.467. The van der Waals surface area contributed by atoms with Gasteiger partial charge in [0.1, 0.15) is 0 Å². The largest absolute Gasteiger partial charge is 0.478 e. The second-order valence-electron chi connectivity index (χ2n) is 5.29. The smallest absolute Gasteiger partial charge is 0.335 e. The van der Waals surface area contributed by atoms with Gasteiger partial charge in [-0.3, -0.25) is 0 Å². The summed E-state index contributed by atoms with van der Waals surface area (Å²) < 4.78 is 0. The number of amides is 2. The van der Waals surface area contributed by atoms with E-state index in [4.69, 9.17) is 5.11 Å². The molecule has 0 atom stereocenters. The molecule has 0 aliphatic heterocycles. The monoisotopic (exact) mass is 276 g/mol. The van der Waals surface area contributed by atoms with E-state index in [1.807, 2.05) is 0 Å². The lowest BCUT2D eigenvalue weighted by Gasteiger charge is -2.21. The molecule has 1 aliphatic carbocycles. The van der Waals surface area contributed by atoms with Gasteiger partial charge >= 0.3 is 12.0 Å². The van der Waals surface area contributed by atoms with Crippen molar-refractivity contribution in [3.05, 3.63) is 35.4 Å². The molecule has 0 aromatic heterocycles. The van der Waals surface area contributed by atoms with Crippen LogP contribution in [-0.4, -0.2) is 35.1 Å². The van der Waals surface area contributed by atoms with E-state index >= 15 is 0 Å². The van der Waals surface area contributed by atoms with Gasteiger partial charge in [0.15, 0.2) is 0 Å². The molecule has 5 nitrogen and oxygen atoms in total. The normalized spacial score (nSPS) is 15.1. The summed E-state index contributed by atoms with van der Waals surface area (Å²) >= 11 is 0. The van der Waals surface area contributed by atoms with E-state index in [0.717, 1.165) is 18.4 Å². The van der Waals surface area contributed by atoms with E-state index in [1.165, 1.54) is 12.8 Å². The molecule has 20 heavy (non-hydrogen) atoms. The summed E-state index contributed by atoms with van der Waals surface area (Å²) in [5.41, 5.74) is 1.17. The van der Waals surface area contributed by atoms with Gasteiger partial charge in [-0.2, -0.15) is 0 Å². The van der Waals surface area contributed by atoms with Crippen LogP contribution in [0.15, 0.2) is 24.3 Å². The van der Waals surface area contributed by atoms with Gasteiger partial charge in [-0.05, 0) is 30.5 Å². The number of nitrogens with zero attached hydrogens (tertiary/aromatic N) is 1. The summed E-state index contributed by atoms with van der Waals surface area (Å²) in [7, 11) is 1.75. The van der Waals surface area contributed by atoms with E-state index in [2.05, 4.69) is 5.32 Å². The SMILES string of the molecule is CN(Cc1ccc(C(=O)O)cc1)C(=O)NC1CCCC1. The highest BCUT2D eigenvalue weighted by atomic mass is 16.4. The highest BCUT2D eigenvalue weighted by molar-refractivity contribution is 5.87. The fourth-order valence-electron chi connectivity index (χ4n) is 2.45. The van der Waals surface area contributed by atoms with Crippen molar-refractivity contribution >= 4 is 12.0 Å². The first-order chi connectivity index (χ1) is 9.56. The summed E-state index contributed by atoms with van der Waals surface area (Å²) in [6, 6.07) is 6.82. The summed E-state index contributed by atoms with van der Waals surface area (Å²) in [4.78, 5) is 24.4. The zero-order valence-electron chi connectivity index (χ0n) is 11.6. The first-order valence-corrected chi connectivity index (χ1v) is 6.90. The molecular weight excluding hydrogens is 256 g/mol. The lowest BCUT2D eigenvalue weighted by atomic mass is 10.1. The minimum atomic E-state index is -0.941. The average molecular weight is 276 g/mol. The molecule has 1 saturated carbocycles. The maximum atomic E-state index is 12.0. The number of nitrogens with one attached hydrogen (secondary N) is 1. The number of carbonyl (C=O) groups is 2. The minimum absolute atomic E-state index is 0.0702. The standard InChI is InChI=1S/C15H20N2O3/c1-17(15(20)16-13-4-2-3-5-13)10-11-6-8-12(9-7-11)14(18)19/h6-9,13H,2-5,10H2,1H3,(H,16,20)(H,18,19). The number of aromatic carboxylic acids is 1. The molecule has 0 saturated heterocycles. The molecule has 5 heteroatoms. The Labute approximate surface area is 118 Å². The molecular formula is C15H20N2O3. The Morgan fingerprint density at radius 2 is 1.85 bits per heavy atom. The van der Waals surface area contributed by atoms with E-state index in [0.29, 0.717) is 12.6 Å². The first kappa shape index (κ1) is 14.4. The van der Waals surface area contributed by atoms with Gasteiger partial charge in [-0.15, -0.1) is 0 Å². The van der Waals surface area contributed by atoms with Gasteiger partial charge in [0, 0.05) is 19.6 Å². The molecule has 2 N–H and O–H groups in total. The summed E-state index contributed by atoms with van der Waals surface area (Å²) in [5.74, 6) is -0.941. The highest BCUT2D eigenvalue weighted by Crippen LogP contribution is 2.18. The van der Waals surface area contributed by atoms with Crippen molar-refractivity contribution in [2.24, 2.45) is 0 Å². The third-order valence-corrected chi connectivity index (χ3v) is 3.65. The van der Waals surface area contributed by atoms with E-state index in [9.17, 15) is 9.59 Å². The van der Waals surface area contributed by atoms with Crippen molar-refractivity contribution in [2.75, 3.05) is 7.05 Å². The molecule has 1 fully saturated rings. The lowest BCUT2D eigenvalue weighted by molar-refractivity contribution is 0.0697. The zero-order valence-corrected chi connectivity index (χ0v) is 11.6. The fourth-order valence-corrected chi connectivity index (χ4v) is 2.45. The van der Waals surface area contributed by atoms with Gasteiger partial charge < -0.3 is 15.3 Å². The predicted molar refractivity (Wildman–Crippen MR) is 75.7 cm³/mol. The molecule has 2 amide bonds. The van der Waals surface area contributed by atoms with Gasteiger partial charge in [0.2, 0.25) is 0 Å². The van der Waals surface area contributed by atoms with Crippen molar-refractivity contribution in [1.29, 1.82) is 0 Å². The predicted octanol–water partition coefficient (Wildman–Crippen LogP) is 2.47. The maximum Gasteiger partial charge on any atom is 0.335 e. The van der Waals surface area contributed by atoms with Crippen LogP contribution in [0.5, 0.6) is 0 Å². The zero-order chi connectivity index (χ0) is 14.5. The Kier molecular flexibility index (Phi) is 4.61. The Morgan fingerprint density at radius 3 is 2.40 bits per heavy atom.